The molecule has 2 aromatic heterocycles. The number of benzene rings is 2. The summed E-state index contributed by atoms with van der Waals surface area (Å²) in [4.78, 5) is 24.8. The first-order chi connectivity index (χ1) is 13.4. The van der Waals surface area contributed by atoms with Crippen LogP contribution < -0.4 is 10.9 Å². The summed E-state index contributed by atoms with van der Waals surface area (Å²) in [6.07, 6.45) is 2.11. The third-order valence-corrected chi connectivity index (χ3v) is 5.25. The van der Waals surface area contributed by atoms with Gasteiger partial charge in [0.25, 0.3) is 0 Å². The van der Waals surface area contributed by atoms with E-state index in [-0.39, 0.29) is 18.7 Å². The smallest absolute Gasteiger partial charge is 0.339 e. The number of aryl methyl sites for hydroxylation is 2. The van der Waals surface area contributed by atoms with Crippen LogP contribution in [0.15, 0.2) is 56.3 Å². The predicted octanol–water partition coefficient (Wildman–Crippen LogP) is 5.38. The van der Waals surface area contributed by atoms with E-state index in [1.807, 2.05) is 19.9 Å². The van der Waals surface area contributed by atoms with E-state index >= 15 is 0 Å². The van der Waals surface area contributed by atoms with Crippen molar-refractivity contribution in [3.8, 4) is 0 Å². The second-order valence-corrected chi connectivity index (χ2v) is 7.19. The van der Waals surface area contributed by atoms with Gasteiger partial charge < -0.3 is 14.2 Å². The molecule has 0 atom stereocenters. The Labute approximate surface area is 165 Å². The van der Waals surface area contributed by atoms with Gasteiger partial charge in [-0.15, -0.1) is 0 Å². The molecular formula is C22H18ClNO4. The van der Waals surface area contributed by atoms with Gasteiger partial charge in [0.1, 0.15) is 11.2 Å². The van der Waals surface area contributed by atoms with E-state index in [2.05, 4.69) is 5.32 Å². The van der Waals surface area contributed by atoms with Crippen molar-refractivity contribution >= 4 is 45.1 Å². The Morgan fingerprint density at radius 3 is 2.68 bits per heavy atom. The zero-order valence-electron chi connectivity index (χ0n) is 15.5. The summed E-state index contributed by atoms with van der Waals surface area (Å²) in [7, 11) is 0. The van der Waals surface area contributed by atoms with E-state index in [4.69, 9.17) is 20.4 Å². The number of carbonyl (C=O) groups excluding carboxylic acids is 1. The monoisotopic (exact) mass is 395 g/mol. The standard InChI is InChI=1S/C22H18ClNO4/c1-12-11-27-19-10-20-16(9-15(12)19)13(2)14(22(26)28-20)7-8-21(25)24-18-6-4-3-5-17(18)23/h3-6,9-11H,7-8H2,1-2H3,(H,24,25). The van der Waals surface area contributed by atoms with Gasteiger partial charge in [-0.25, -0.2) is 4.79 Å². The molecule has 2 heterocycles. The van der Waals surface area contributed by atoms with Crippen LogP contribution >= 0.6 is 11.6 Å². The number of anilines is 1. The average molecular weight is 396 g/mol. The normalized spacial score (nSPS) is 11.2. The van der Waals surface area contributed by atoms with Crippen molar-refractivity contribution in [2.45, 2.75) is 26.7 Å². The summed E-state index contributed by atoms with van der Waals surface area (Å²) in [6.45, 7) is 3.84. The van der Waals surface area contributed by atoms with Crippen LogP contribution in [-0.4, -0.2) is 5.91 Å². The molecule has 4 rings (SSSR count). The summed E-state index contributed by atoms with van der Waals surface area (Å²) in [5.74, 6) is -0.215. The molecule has 0 aliphatic carbocycles. The van der Waals surface area contributed by atoms with Crippen LogP contribution in [0.25, 0.3) is 21.9 Å². The van der Waals surface area contributed by atoms with E-state index in [1.165, 1.54) is 0 Å². The summed E-state index contributed by atoms with van der Waals surface area (Å²) in [5.41, 5.74) is 3.62. The lowest BCUT2D eigenvalue weighted by atomic mass is 10.0. The second-order valence-electron chi connectivity index (χ2n) is 6.78. The molecule has 0 spiro atoms. The SMILES string of the molecule is Cc1coc2cc3oc(=O)c(CCC(=O)Nc4ccccc4Cl)c(C)c3cc12. The molecule has 2 aromatic carbocycles. The Hall–Kier alpha value is -3.05. The first kappa shape index (κ1) is 18.3. The maximum atomic E-state index is 12.5. The highest BCUT2D eigenvalue weighted by atomic mass is 35.5. The van der Waals surface area contributed by atoms with E-state index in [1.54, 1.807) is 36.6 Å². The molecule has 28 heavy (non-hydrogen) atoms. The van der Waals surface area contributed by atoms with Crippen LogP contribution in [0.4, 0.5) is 5.69 Å². The van der Waals surface area contributed by atoms with Crippen LogP contribution in [0.3, 0.4) is 0 Å². The zero-order valence-corrected chi connectivity index (χ0v) is 16.2. The highest BCUT2D eigenvalue weighted by Gasteiger charge is 2.15. The second kappa shape index (κ2) is 7.17. The van der Waals surface area contributed by atoms with E-state index in [0.717, 1.165) is 21.9 Å². The fourth-order valence-corrected chi connectivity index (χ4v) is 3.52. The topological polar surface area (TPSA) is 72.5 Å². The largest absolute Gasteiger partial charge is 0.464 e. The molecule has 0 fully saturated rings. The average Bonchev–Trinajstić information content (AvgIpc) is 3.02. The fraction of sp³-hybridized carbons (Fsp3) is 0.182. The Bertz CT molecular complexity index is 1270. The summed E-state index contributed by atoms with van der Waals surface area (Å²) in [6, 6.07) is 10.7. The lowest BCUT2D eigenvalue weighted by molar-refractivity contribution is -0.116. The maximum absolute atomic E-state index is 12.5. The minimum Gasteiger partial charge on any atom is -0.464 e. The van der Waals surface area contributed by atoms with Gasteiger partial charge >= 0.3 is 5.63 Å². The van der Waals surface area contributed by atoms with Gasteiger partial charge in [0.2, 0.25) is 5.91 Å². The molecule has 5 nitrogen and oxygen atoms in total. The number of hydrogen-bond acceptors (Lipinski definition) is 4. The fourth-order valence-electron chi connectivity index (χ4n) is 3.34. The quantitative estimate of drug-likeness (QED) is 0.471. The number of rotatable bonds is 4. The molecule has 0 bridgehead atoms. The van der Waals surface area contributed by atoms with Crippen molar-refractivity contribution in [3.05, 3.63) is 74.8 Å². The summed E-state index contributed by atoms with van der Waals surface area (Å²) < 4.78 is 11.0. The van der Waals surface area contributed by atoms with Crippen LogP contribution in [0.2, 0.25) is 5.02 Å². The van der Waals surface area contributed by atoms with Gasteiger partial charge in [-0.1, -0.05) is 23.7 Å². The van der Waals surface area contributed by atoms with Crippen LogP contribution in [0, 0.1) is 13.8 Å². The molecule has 0 saturated heterocycles. The molecule has 0 aliphatic heterocycles. The third-order valence-electron chi connectivity index (χ3n) is 4.93. The minimum atomic E-state index is -0.432. The first-order valence-corrected chi connectivity index (χ1v) is 9.30. The van der Waals surface area contributed by atoms with Gasteiger partial charge in [0.05, 0.1) is 17.0 Å². The Morgan fingerprint density at radius 2 is 1.89 bits per heavy atom. The molecule has 4 aromatic rings. The van der Waals surface area contributed by atoms with Crippen LogP contribution in [0.1, 0.15) is 23.1 Å². The van der Waals surface area contributed by atoms with Crippen LogP contribution in [-0.2, 0) is 11.2 Å². The van der Waals surface area contributed by atoms with Gasteiger partial charge in [-0.3, -0.25) is 4.79 Å². The first-order valence-electron chi connectivity index (χ1n) is 8.92. The van der Waals surface area contributed by atoms with Crippen molar-refractivity contribution in [3.63, 3.8) is 0 Å². The highest BCUT2D eigenvalue weighted by molar-refractivity contribution is 6.33. The number of furan rings is 1. The number of carbonyl (C=O) groups is 1. The number of para-hydroxylation sites is 1. The van der Waals surface area contributed by atoms with Crippen molar-refractivity contribution in [1.82, 2.24) is 0 Å². The van der Waals surface area contributed by atoms with Crippen molar-refractivity contribution in [2.24, 2.45) is 0 Å². The number of amides is 1. The summed E-state index contributed by atoms with van der Waals surface area (Å²) in [5, 5.41) is 5.06. The number of halogens is 1. The molecule has 0 radical (unpaired) electrons. The van der Waals surface area contributed by atoms with Crippen molar-refractivity contribution in [2.75, 3.05) is 5.32 Å². The Kier molecular flexibility index (Phi) is 4.69. The Morgan fingerprint density at radius 1 is 1.11 bits per heavy atom. The summed E-state index contributed by atoms with van der Waals surface area (Å²) >= 11 is 6.06. The predicted molar refractivity (Wildman–Crippen MR) is 110 cm³/mol. The van der Waals surface area contributed by atoms with Crippen molar-refractivity contribution in [1.29, 1.82) is 0 Å². The van der Waals surface area contributed by atoms with E-state index in [9.17, 15) is 9.59 Å². The molecule has 1 N–H and O–H groups in total. The molecular weight excluding hydrogens is 378 g/mol. The molecule has 142 valence electrons. The highest BCUT2D eigenvalue weighted by Crippen LogP contribution is 2.29. The van der Waals surface area contributed by atoms with E-state index < -0.39 is 5.63 Å². The van der Waals surface area contributed by atoms with Gasteiger partial charge in [-0.2, -0.15) is 0 Å². The molecule has 0 saturated carbocycles. The lowest BCUT2D eigenvalue weighted by Crippen LogP contribution is -2.16. The van der Waals surface area contributed by atoms with E-state index in [0.29, 0.717) is 27.4 Å². The molecule has 6 heteroatoms. The maximum Gasteiger partial charge on any atom is 0.339 e. The lowest BCUT2D eigenvalue weighted by Gasteiger charge is -2.09. The number of fused-ring (bicyclic) bond motifs is 2. The third kappa shape index (κ3) is 3.29. The molecule has 1 amide bonds. The zero-order chi connectivity index (χ0) is 19.8. The van der Waals surface area contributed by atoms with Crippen LogP contribution in [0.5, 0.6) is 0 Å². The van der Waals surface area contributed by atoms with Gasteiger partial charge in [-0.05, 0) is 49.6 Å². The Balaban J connectivity index is 1.62. The van der Waals surface area contributed by atoms with Crippen molar-refractivity contribution < 1.29 is 13.6 Å². The van der Waals surface area contributed by atoms with Gasteiger partial charge in [0, 0.05) is 28.8 Å². The molecule has 0 aliphatic rings. The van der Waals surface area contributed by atoms with Gasteiger partial charge in [0.15, 0.2) is 0 Å². The minimum absolute atomic E-state index is 0.148. The molecule has 0 unspecified atom stereocenters. The number of nitrogens with one attached hydrogen (secondary N) is 1. The number of hydrogen-bond donors (Lipinski definition) is 1.